The van der Waals surface area contributed by atoms with Gasteiger partial charge in [-0.05, 0) is 196 Å². The van der Waals surface area contributed by atoms with E-state index in [-0.39, 0.29) is 45.1 Å². The van der Waals surface area contributed by atoms with Gasteiger partial charge in [-0.25, -0.2) is 27.6 Å². The van der Waals surface area contributed by atoms with Gasteiger partial charge in [0.2, 0.25) is 0 Å². The van der Waals surface area contributed by atoms with Crippen LogP contribution in [-0.4, -0.2) is 73.6 Å². The summed E-state index contributed by atoms with van der Waals surface area (Å²) in [5, 5.41) is 31.4. The number of fused-ring (bicyclic) bond motifs is 6. The molecule has 3 aliphatic rings. The van der Waals surface area contributed by atoms with E-state index >= 15 is 0 Å². The van der Waals surface area contributed by atoms with Crippen molar-refractivity contribution in [3.05, 3.63) is 261 Å². The second kappa shape index (κ2) is 23.3. The molecule has 6 heterocycles. The molecule has 0 spiro atoms. The summed E-state index contributed by atoms with van der Waals surface area (Å²) in [6.07, 6.45) is 2.67. The van der Waals surface area contributed by atoms with Gasteiger partial charge in [0.15, 0.2) is 0 Å². The molecule has 0 amide bonds. The van der Waals surface area contributed by atoms with Gasteiger partial charge in [0, 0.05) is 80.1 Å². The molecule has 3 aromatic heterocycles. The minimum atomic E-state index is -4.74. The molecule has 3 aliphatic heterocycles. The van der Waals surface area contributed by atoms with E-state index in [4.69, 9.17) is 10.2 Å². The molecule has 12 aromatic rings. The summed E-state index contributed by atoms with van der Waals surface area (Å²) in [5.74, 6) is -4.16. The number of aliphatic imine (C=N–C) groups is 3. The average molecular weight is 1250 g/mol. The van der Waals surface area contributed by atoms with Crippen LogP contribution in [0.5, 0.6) is 0 Å². The van der Waals surface area contributed by atoms with E-state index in [1.807, 2.05) is 59.6 Å². The number of hydrogen-bond donors (Lipinski definition) is 3. The van der Waals surface area contributed by atoms with Crippen LogP contribution in [-0.2, 0) is 25.8 Å². The topological polar surface area (TPSA) is 164 Å². The van der Waals surface area contributed by atoms with Gasteiger partial charge in [0.25, 0.3) is 0 Å². The highest BCUT2D eigenvalue weighted by Crippen LogP contribution is 2.47. The summed E-state index contributed by atoms with van der Waals surface area (Å²) >= 11 is 0. The summed E-state index contributed by atoms with van der Waals surface area (Å²) < 4.78 is 89.5. The first-order chi connectivity index (χ1) is 44.1. The van der Waals surface area contributed by atoms with Gasteiger partial charge in [-0.15, -0.1) is 0 Å². The second-order valence-electron chi connectivity index (χ2n) is 23.5. The summed E-state index contributed by atoms with van der Waals surface area (Å²) in [6.45, 7) is 8.57. The highest BCUT2D eigenvalue weighted by atomic mass is 28.3. The minimum Gasteiger partial charge on any atom is -0.478 e. The van der Waals surface area contributed by atoms with E-state index < -0.39 is 43.7 Å². The Morgan fingerprint density at radius 2 is 0.793 bits per heavy atom. The molecule has 15 rings (SSSR count). The normalized spacial score (nSPS) is 12.8. The Kier molecular flexibility index (Phi) is 15.1. The second-order valence-corrected chi connectivity index (χ2v) is 28.4. The van der Waals surface area contributed by atoms with E-state index in [9.17, 15) is 45.8 Å². The molecule has 0 radical (unpaired) electrons. The Morgan fingerprint density at radius 1 is 0.435 bits per heavy atom. The van der Waals surface area contributed by atoms with Crippen LogP contribution in [0.3, 0.4) is 0 Å². The first kappa shape index (κ1) is 59.8. The maximum atomic E-state index is 14.5. The van der Waals surface area contributed by atoms with Crippen molar-refractivity contribution in [1.82, 2.24) is 13.7 Å². The average Bonchev–Trinajstić information content (AvgIpc) is 1.58. The molecule has 19 heteroatoms. The van der Waals surface area contributed by atoms with E-state index in [0.29, 0.717) is 30.5 Å². The third-order valence-corrected chi connectivity index (χ3v) is 18.4. The maximum Gasteiger partial charge on any atom is 0.432 e. The summed E-state index contributed by atoms with van der Waals surface area (Å²) in [7, 11) is -1.93. The number of rotatable bonds is 10. The number of aromatic nitrogens is 3. The van der Waals surface area contributed by atoms with Gasteiger partial charge in [-0.1, -0.05) is 56.0 Å². The van der Waals surface area contributed by atoms with Crippen molar-refractivity contribution < 1.29 is 56.0 Å². The summed E-state index contributed by atoms with van der Waals surface area (Å²) in [5.41, 5.74) is 14.1. The molecule has 12 nitrogen and oxygen atoms in total. The summed E-state index contributed by atoms with van der Waals surface area (Å²) in [6, 6.07) is 49.0. The van der Waals surface area contributed by atoms with Crippen molar-refractivity contribution >= 4 is 82.7 Å². The minimum absolute atomic E-state index is 0.0288. The van der Waals surface area contributed by atoms with E-state index in [1.54, 1.807) is 54.7 Å². The lowest BCUT2D eigenvalue weighted by Gasteiger charge is -2.23. The lowest BCUT2D eigenvalue weighted by Crippen LogP contribution is -2.43. The number of hydrogen-bond acceptors (Lipinski definition) is 6. The predicted octanol–water partition coefficient (Wildman–Crippen LogP) is 16.8. The zero-order chi connectivity index (χ0) is 64.5. The number of carboxylic acid groups (broad SMARTS) is 3. The van der Waals surface area contributed by atoms with Gasteiger partial charge in [0.05, 0.1) is 60.9 Å². The van der Waals surface area contributed by atoms with Crippen molar-refractivity contribution in [2.75, 3.05) is 0 Å². The Balaban J connectivity index is 0.000000126. The SMILES string of the molecule is C[Si](C)(C)c1c(-c2ccc(C(=O)O)cc2)c2cc3c(cc2n1-c1ccc(F)cc1)C=NC3.O=C(O)c1ccc(-c2c(C(F)(F)F)n(-c3ccc(F)cc3)c3cc4c(cc23)CN=C4)cc1.O=C(O)c1ccc(-c2cn(-c3ccc(F)cc3)c3cc4c(cc23)CN=C4)cc1. The first-order valence-electron chi connectivity index (χ1n) is 29.0. The van der Waals surface area contributed by atoms with Crippen LogP contribution in [0.2, 0.25) is 19.6 Å². The van der Waals surface area contributed by atoms with Gasteiger partial charge in [-0.3, -0.25) is 15.0 Å². The van der Waals surface area contributed by atoms with Gasteiger partial charge in [-0.2, -0.15) is 13.2 Å². The Morgan fingerprint density at radius 3 is 1.21 bits per heavy atom. The van der Waals surface area contributed by atoms with Gasteiger partial charge < -0.3 is 29.0 Å². The molecular weight excluding hydrogens is 1200 g/mol. The van der Waals surface area contributed by atoms with Gasteiger partial charge >= 0.3 is 24.1 Å². The van der Waals surface area contributed by atoms with E-state index in [2.05, 4.69) is 63.5 Å². The molecule has 0 bridgehead atoms. The van der Waals surface area contributed by atoms with Gasteiger partial charge in [0.1, 0.15) is 23.1 Å². The summed E-state index contributed by atoms with van der Waals surface area (Å²) in [4.78, 5) is 46.7. The molecule has 3 N–H and O–H groups in total. The number of carbonyl (C=O) groups is 3. The van der Waals surface area contributed by atoms with Crippen molar-refractivity contribution in [1.29, 1.82) is 0 Å². The van der Waals surface area contributed by atoms with Crippen LogP contribution >= 0.6 is 0 Å². The fraction of sp³-hybridized carbons (Fsp3) is 0.0959. The zero-order valence-corrected chi connectivity index (χ0v) is 50.3. The third kappa shape index (κ3) is 11.2. The first-order valence-corrected chi connectivity index (χ1v) is 32.5. The molecule has 0 aliphatic carbocycles. The predicted molar refractivity (Wildman–Crippen MR) is 349 cm³/mol. The molecule has 0 saturated heterocycles. The van der Waals surface area contributed by atoms with Crippen LogP contribution in [0.25, 0.3) is 83.2 Å². The number of benzene rings is 9. The van der Waals surface area contributed by atoms with Crippen molar-refractivity contribution in [2.45, 2.75) is 45.5 Å². The quantitative estimate of drug-likeness (QED) is 0.0911. The third-order valence-electron chi connectivity index (χ3n) is 16.5. The Bertz CT molecular complexity index is 4840. The van der Waals surface area contributed by atoms with Crippen molar-refractivity contribution in [2.24, 2.45) is 15.0 Å². The molecule has 0 saturated carbocycles. The van der Waals surface area contributed by atoms with Crippen LogP contribution < -0.4 is 5.32 Å². The fourth-order valence-electron chi connectivity index (χ4n) is 12.3. The van der Waals surface area contributed by atoms with E-state index in [0.717, 1.165) is 100.0 Å². The Hall–Kier alpha value is -11.2. The fourth-order valence-corrected chi connectivity index (χ4v) is 14.2. The molecule has 0 atom stereocenters. The standard InChI is InChI=1S/C26H23FN2O2Si.C24H14F4N2O2.C23H15FN2O2/c1-32(2,3)25-24(16-4-6-17(7-5-16)26(30)31)22-12-18-14-28-15-19(18)13-23(22)29(25)21-10-8-20(27)9-11-21;25-17-5-7-18(8-6-17)30-20-10-16-12-29-11-15(16)9-19(20)21(22(30)24(26,27)28)13-1-3-14(4-2-13)23(31)32;24-18-5-7-19(8-6-18)26-13-21(14-1-3-15(4-2-14)23(27)28)20-9-16-11-25-12-17(16)10-22(20)26/h4-13,15H,14H2,1-3H3,(H,30,31);1-10,12H,11H2,(H,31,32);1-10,12-13H,11H2,(H,27,28). The lowest BCUT2D eigenvalue weighted by molar-refractivity contribution is -0.141. The molecular formula is C73H52F6N6O6Si. The number of carboxylic acids is 3. The highest BCUT2D eigenvalue weighted by Gasteiger charge is 2.41. The largest absolute Gasteiger partial charge is 0.478 e. The van der Waals surface area contributed by atoms with Crippen LogP contribution in [0.4, 0.5) is 26.3 Å². The number of halogens is 6. The number of aromatic carboxylic acids is 3. The highest BCUT2D eigenvalue weighted by molar-refractivity contribution is 6.89. The van der Waals surface area contributed by atoms with Crippen LogP contribution in [0.1, 0.15) is 70.1 Å². The van der Waals surface area contributed by atoms with E-state index in [1.165, 1.54) is 71.5 Å². The molecule has 456 valence electrons. The molecule has 9 aromatic carbocycles. The lowest BCUT2D eigenvalue weighted by atomic mass is 9.98. The Labute approximate surface area is 522 Å². The van der Waals surface area contributed by atoms with Crippen LogP contribution in [0.15, 0.2) is 203 Å². The molecule has 0 unspecified atom stereocenters. The van der Waals surface area contributed by atoms with Crippen molar-refractivity contribution in [3.63, 3.8) is 0 Å². The molecule has 92 heavy (non-hydrogen) atoms. The monoisotopic (exact) mass is 1250 g/mol. The maximum absolute atomic E-state index is 14.5. The van der Waals surface area contributed by atoms with Crippen LogP contribution in [0, 0.1) is 17.5 Å². The zero-order valence-electron chi connectivity index (χ0n) is 49.3. The molecule has 0 fully saturated rings. The number of alkyl halides is 3. The van der Waals surface area contributed by atoms with Crippen molar-refractivity contribution in [3.8, 4) is 50.4 Å². The smallest absolute Gasteiger partial charge is 0.432 e. The number of nitrogens with zero attached hydrogens (tertiary/aromatic N) is 6.